The predicted molar refractivity (Wildman–Crippen MR) is 108 cm³/mol. The Morgan fingerprint density at radius 3 is 2.46 bits per heavy atom. The van der Waals surface area contributed by atoms with Crippen LogP contribution < -0.4 is 11.2 Å². The quantitative estimate of drug-likeness (QED) is 0.580. The Morgan fingerprint density at radius 1 is 1.00 bits per heavy atom. The van der Waals surface area contributed by atoms with E-state index in [2.05, 4.69) is 27.1 Å². The predicted octanol–water partition coefficient (Wildman–Crippen LogP) is 3.12. The first kappa shape index (κ1) is 16.7. The monoisotopic (exact) mass is 372 g/mol. The minimum absolute atomic E-state index is 0.0234. The molecule has 2 N–H and O–H groups in total. The van der Waals surface area contributed by atoms with E-state index in [4.69, 9.17) is 0 Å². The number of hydrogen-bond acceptors (Lipinski definition) is 3. The minimum atomic E-state index is -0.743. The number of H-pyrrole nitrogens is 2. The zero-order chi connectivity index (χ0) is 19.1. The van der Waals surface area contributed by atoms with E-state index < -0.39 is 11.2 Å². The third-order valence-electron chi connectivity index (χ3n) is 5.99. The number of imidazole rings is 1. The van der Waals surface area contributed by atoms with E-state index in [1.165, 1.54) is 10.9 Å². The fourth-order valence-corrected chi connectivity index (χ4v) is 4.86. The van der Waals surface area contributed by atoms with Gasteiger partial charge in [-0.2, -0.15) is 0 Å². The van der Waals surface area contributed by atoms with Crippen molar-refractivity contribution in [1.82, 2.24) is 19.5 Å². The van der Waals surface area contributed by atoms with Gasteiger partial charge in [-0.15, -0.1) is 0 Å². The lowest BCUT2D eigenvalue weighted by molar-refractivity contribution is 0.303. The van der Waals surface area contributed by atoms with Gasteiger partial charge in [-0.25, -0.2) is 14.3 Å². The van der Waals surface area contributed by atoms with Gasteiger partial charge in [-0.1, -0.05) is 67.1 Å². The molecule has 2 aromatic carbocycles. The van der Waals surface area contributed by atoms with Gasteiger partial charge in [0.15, 0.2) is 5.65 Å². The van der Waals surface area contributed by atoms with E-state index >= 15 is 0 Å². The SMILES string of the molecule is O=c1[nH]c2nc[nH]c2c(=O)n1C1(c2ccccc2)CCCC1c1ccccc1. The number of nitrogens with zero attached hydrogens (tertiary/aromatic N) is 2. The van der Waals surface area contributed by atoms with Gasteiger partial charge in [0.25, 0.3) is 5.56 Å². The molecule has 5 rings (SSSR count). The van der Waals surface area contributed by atoms with E-state index in [0.29, 0.717) is 11.2 Å². The number of hydrogen-bond donors (Lipinski definition) is 2. The zero-order valence-corrected chi connectivity index (χ0v) is 15.3. The van der Waals surface area contributed by atoms with Crippen molar-refractivity contribution in [2.75, 3.05) is 0 Å². The number of rotatable bonds is 3. The van der Waals surface area contributed by atoms with Crippen molar-refractivity contribution in [2.45, 2.75) is 30.7 Å². The van der Waals surface area contributed by atoms with Gasteiger partial charge in [0.05, 0.1) is 11.9 Å². The molecule has 1 saturated carbocycles. The standard InChI is InChI=1S/C22H20N4O2/c27-20-18-19(24-14-23-18)25-21(28)26(20)22(16-10-5-2-6-11-16)13-7-12-17(22)15-8-3-1-4-9-15/h1-6,8-11,14,17H,7,12-13H2,(H,23,24)(H,25,28). The minimum Gasteiger partial charge on any atom is -0.339 e. The molecule has 28 heavy (non-hydrogen) atoms. The molecule has 6 heteroatoms. The van der Waals surface area contributed by atoms with Crippen LogP contribution in [0.25, 0.3) is 11.2 Å². The molecular weight excluding hydrogens is 352 g/mol. The van der Waals surface area contributed by atoms with Crippen LogP contribution in [0, 0.1) is 0 Å². The molecule has 0 aliphatic heterocycles. The van der Waals surface area contributed by atoms with Crippen molar-refractivity contribution >= 4 is 11.2 Å². The van der Waals surface area contributed by atoms with Crippen LogP contribution in [0.5, 0.6) is 0 Å². The van der Waals surface area contributed by atoms with Gasteiger partial charge >= 0.3 is 5.69 Å². The van der Waals surface area contributed by atoms with Crippen LogP contribution in [-0.4, -0.2) is 19.5 Å². The summed E-state index contributed by atoms with van der Waals surface area (Å²) >= 11 is 0. The highest BCUT2D eigenvalue weighted by atomic mass is 16.2. The number of nitrogens with one attached hydrogen (secondary N) is 2. The summed E-state index contributed by atoms with van der Waals surface area (Å²) < 4.78 is 1.42. The zero-order valence-electron chi connectivity index (χ0n) is 15.3. The molecule has 1 aliphatic rings. The van der Waals surface area contributed by atoms with Crippen LogP contribution in [0.15, 0.2) is 76.6 Å². The molecule has 1 fully saturated rings. The first-order valence-corrected chi connectivity index (χ1v) is 9.51. The van der Waals surface area contributed by atoms with Crippen molar-refractivity contribution in [3.05, 3.63) is 99.0 Å². The van der Waals surface area contributed by atoms with Gasteiger partial charge in [-0.3, -0.25) is 9.78 Å². The smallest absolute Gasteiger partial charge is 0.330 e. The molecule has 2 unspecified atom stereocenters. The van der Waals surface area contributed by atoms with Crippen LogP contribution in [0.3, 0.4) is 0 Å². The molecule has 1 aliphatic carbocycles. The van der Waals surface area contributed by atoms with Crippen molar-refractivity contribution in [3.8, 4) is 0 Å². The van der Waals surface area contributed by atoms with Crippen molar-refractivity contribution in [3.63, 3.8) is 0 Å². The topological polar surface area (TPSA) is 83.5 Å². The summed E-state index contributed by atoms with van der Waals surface area (Å²) in [5, 5.41) is 0. The molecule has 6 nitrogen and oxygen atoms in total. The Kier molecular flexibility index (Phi) is 3.79. The van der Waals surface area contributed by atoms with Crippen LogP contribution in [0.1, 0.15) is 36.3 Å². The second-order valence-electron chi connectivity index (χ2n) is 7.34. The largest absolute Gasteiger partial charge is 0.339 e. The molecular formula is C22H20N4O2. The highest BCUT2D eigenvalue weighted by Gasteiger charge is 2.48. The Morgan fingerprint density at radius 2 is 1.71 bits per heavy atom. The highest BCUT2D eigenvalue weighted by molar-refractivity contribution is 5.68. The number of fused-ring (bicyclic) bond motifs is 1. The van der Waals surface area contributed by atoms with E-state index in [0.717, 1.165) is 30.4 Å². The van der Waals surface area contributed by atoms with Gasteiger partial charge in [0.1, 0.15) is 5.52 Å². The highest BCUT2D eigenvalue weighted by Crippen LogP contribution is 2.50. The van der Waals surface area contributed by atoms with E-state index in [1.807, 2.05) is 48.5 Å². The van der Waals surface area contributed by atoms with Crippen LogP contribution in [0.2, 0.25) is 0 Å². The lowest BCUT2D eigenvalue weighted by atomic mass is 9.76. The fraction of sp³-hybridized carbons (Fsp3) is 0.227. The summed E-state index contributed by atoms with van der Waals surface area (Å²) in [6, 6.07) is 20.1. The maximum atomic E-state index is 13.4. The Labute approximate surface area is 160 Å². The normalized spacial score (nSPS) is 21.9. The molecule has 2 heterocycles. The molecule has 0 spiro atoms. The fourth-order valence-electron chi connectivity index (χ4n) is 4.86. The molecule has 0 saturated heterocycles. The summed E-state index contributed by atoms with van der Waals surface area (Å²) in [6.45, 7) is 0. The molecule has 2 aromatic heterocycles. The Hall–Kier alpha value is -3.41. The van der Waals surface area contributed by atoms with E-state index in [1.54, 1.807) is 0 Å². The molecule has 0 amide bonds. The molecule has 0 radical (unpaired) electrons. The van der Waals surface area contributed by atoms with Gasteiger partial charge in [0, 0.05) is 5.92 Å². The molecule has 4 aromatic rings. The first-order chi connectivity index (χ1) is 13.7. The Bertz CT molecular complexity index is 1240. The van der Waals surface area contributed by atoms with Crippen molar-refractivity contribution in [2.24, 2.45) is 0 Å². The average molecular weight is 372 g/mol. The van der Waals surface area contributed by atoms with Crippen molar-refractivity contribution < 1.29 is 0 Å². The van der Waals surface area contributed by atoms with Crippen LogP contribution in [0.4, 0.5) is 0 Å². The Balaban J connectivity index is 1.87. The van der Waals surface area contributed by atoms with Crippen LogP contribution >= 0.6 is 0 Å². The first-order valence-electron chi connectivity index (χ1n) is 9.51. The second-order valence-corrected chi connectivity index (χ2v) is 7.34. The lowest BCUT2D eigenvalue weighted by Crippen LogP contribution is -2.51. The van der Waals surface area contributed by atoms with E-state index in [-0.39, 0.29) is 11.5 Å². The molecule has 140 valence electrons. The van der Waals surface area contributed by atoms with Crippen LogP contribution in [-0.2, 0) is 5.54 Å². The number of benzene rings is 2. The molecule has 2 atom stereocenters. The van der Waals surface area contributed by atoms with Crippen molar-refractivity contribution in [1.29, 1.82) is 0 Å². The summed E-state index contributed by atoms with van der Waals surface area (Å²) in [7, 11) is 0. The van der Waals surface area contributed by atoms with E-state index in [9.17, 15) is 9.59 Å². The van der Waals surface area contributed by atoms with Gasteiger partial charge < -0.3 is 4.98 Å². The second kappa shape index (κ2) is 6.34. The number of aromatic nitrogens is 4. The third kappa shape index (κ3) is 2.30. The average Bonchev–Trinajstić information content (AvgIpc) is 3.37. The third-order valence-corrected chi connectivity index (χ3v) is 5.99. The molecule has 0 bridgehead atoms. The maximum absolute atomic E-state index is 13.4. The summed E-state index contributed by atoms with van der Waals surface area (Å²) in [6.07, 6.45) is 4.00. The summed E-state index contributed by atoms with van der Waals surface area (Å²) in [5.74, 6) is 0.0234. The maximum Gasteiger partial charge on any atom is 0.330 e. The van der Waals surface area contributed by atoms with Gasteiger partial charge in [-0.05, 0) is 24.0 Å². The summed E-state index contributed by atoms with van der Waals surface area (Å²) in [4.78, 5) is 36.3. The van der Waals surface area contributed by atoms with Gasteiger partial charge in [0.2, 0.25) is 0 Å². The summed E-state index contributed by atoms with van der Waals surface area (Å²) in [5.41, 5.74) is 1.25. The number of aromatic amines is 2. The lowest BCUT2D eigenvalue weighted by Gasteiger charge is -2.37.